The summed E-state index contributed by atoms with van der Waals surface area (Å²) in [7, 11) is -3.59. The molecule has 0 fully saturated rings. The lowest BCUT2D eigenvalue weighted by Crippen LogP contribution is -2.32. The minimum Gasteiger partial charge on any atom is -0.366 e. The van der Waals surface area contributed by atoms with Crippen LogP contribution < -0.4 is 15.4 Å². The van der Waals surface area contributed by atoms with Gasteiger partial charge >= 0.3 is 0 Å². The summed E-state index contributed by atoms with van der Waals surface area (Å²) in [6.07, 6.45) is 6.16. The fourth-order valence-corrected chi connectivity index (χ4v) is 4.35. The molecule has 0 aliphatic rings. The van der Waals surface area contributed by atoms with Gasteiger partial charge in [0.1, 0.15) is 10.7 Å². The van der Waals surface area contributed by atoms with Crippen molar-refractivity contribution in [3.63, 3.8) is 0 Å². The molecule has 3 rings (SSSR count). The molecule has 8 nitrogen and oxygen atoms in total. The minimum absolute atomic E-state index is 0.130. The normalized spacial score (nSPS) is 12.2. The first-order chi connectivity index (χ1) is 15.4. The van der Waals surface area contributed by atoms with E-state index in [-0.39, 0.29) is 16.8 Å². The topological polar surface area (TPSA) is 113 Å². The highest BCUT2D eigenvalue weighted by Gasteiger charge is 2.17. The molecular weight excluding hydrogens is 426 g/mol. The highest BCUT2D eigenvalue weighted by molar-refractivity contribution is 7.89. The number of sulfonamides is 1. The van der Waals surface area contributed by atoms with Gasteiger partial charge in [0.2, 0.25) is 10.0 Å². The van der Waals surface area contributed by atoms with Crippen LogP contribution in [0, 0.1) is 0 Å². The molecule has 2 heterocycles. The number of carbonyl (C=O) groups excluding carboxylic acids is 1. The van der Waals surface area contributed by atoms with Crippen molar-refractivity contribution in [3.8, 4) is 0 Å². The van der Waals surface area contributed by atoms with E-state index in [0.29, 0.717) is 23.6 Å². The molecule has 9 heteroatoms. The molecule has 2 aromatic heterocycles. The van der Waals surface area contributed by atoms with E-state index in [1.54, 1.807) is 30.6 Å². The summed E-state index contributed by atoms with van der Waals surface area (Å²) in [6.45, 7) is 4.32. The maximum absolute atomic E-state index is 12.4. The van der Waals surface area contributed by atoms with Gasteiger partial charge in [0.05, 0.1) is 0 Å². The molecule has 1 amide bonds. The summed E-state index contributed by atoms with van der Waals surface area (Å²) < 4.78 is 27.5. The Morgan fingerprint density at radius 2 is 1.88 bits per heavy atom. The molecule has 0 aliphatic heterocycles. The number of amides is 1. The summed E-state index contributed by atoms with van der Waals surface area (Å²) in [4.78, 5) is 20.6. The molecular formula is C23H27N5O3S. The average molecular weight is 454 g/mol. The third kappa shape index (κ3) is 6.60. The van der Waals surface area contributed by atoms with Gasteiger partial charge in [-0.15, -0.1) is 0 Å². The molecule has 168 valence electrons. The number of aromatic nitrogens is 2. The van der Waals surface area contributed by atoms with E-state index in [4.69, 9.17) is 0 Å². The summed E-state index contributed by atoms with van der Waals surface area (Å²) in [5.74, 6) is 0.342. The first-order valence-corrected chi connectivity index (χ1v) is 11.9. The Morgan fingerprint density at radius 3 is 2.56 bits per heavy atom. The fraction of sp³-hybridized carbons (Fsp3) is 0.261. The largest absolute Gasteiger partial charge is 0.366 e. The zero-order valence-corrected chi connectivity index (χ0v) is 18.9. The lowest BCUT2D eigenvalue weighted by molar-refractivity contribution is 0.102. The van der Waals surface area contributed by atoms with Crippen LogP contribution in [0.25, 0.3) is 0 Å². The second-order valence-electron chi connectivity index (χ2n) is 7.43. The van der Waals surface area contributed by atoms with Gasteiger partial charge in [-0.2, -0.15) is 0 Å². The van der Waals surface area contributed by atoms with Gasteiger partial charge in [0, 0.05) is 42.4 Å². The number of pyridine rings is 2. The van der Waals surface area contributed by atoms with Crippen LogP contribution in [-0.4, -0.2) is 30.3 Å². The molecule has 3 aromatic rings. The highest BCUT2D eigenvalue weighted by Crippen LogP contribution is 2.15. The van der Waals surface area contributed by atoms with Crippen molar-refractivity contribution in [3.05, 3.63) is 78.2 Å². The van der Waals surface area contributed by atoms with Gasteiger partial charge in [-0.25, -0.2) is 18.1 Å². The molecule has 0 spiro atoms. The van der Waals surface area contributed by atoms with Crippen molar-refractivity contribution < 1.29 is 13.2 Å². The van der Waals surface area contributed by atoms with E-state index in [9.17, 15) is 13.2 Å². The molecule has 1 atom stereocenters. The smallest absolute Gasteiger partial charge is 0.255 e. The molecule has 1 unspecified atom stereocenters. The molecule has 0 radical (unpaired) electrons. The standard InChI is InChI=1S/C23H27N5O3S/c1-3-5-17(2)28-32(30,31)21-8-9-22(26-16-21)25-15-18-6-4-7-20(14-18)27-23(29)19-10-12-24-13-11-19/h4,6-14,16-17,28H,3,5,15H2,1-2H3,(H,25,26)(H,27,29). The van der Waals surface area contributed by atoms with Crippen molar-refractivity contribution in [2.75, 3.05) is 10.6 Å². The van der Waals surface area contributed by atoms with Crippen molar-refractivity contribution in [1.82, 2.24) is 14.7 Å². The van der Waals surface area contributed by atoms with Crippen LogP contribution in [0.15, 0.2) is 72.0 Å². The number of nitrogens with one attached hydrogen (secondary N) is 3. The Hall–Kier alpha value is -3.30. The van der Waals surface area contributed by atoms with E-state index >= 15 is 0 Å². The van der Waals surface area contributed by atoms with Crippen LogP contribution in [0.5, 0.6) is 0 Å². The first-order valence-electron chi connectivity index (χ1n) is 10.4. The van der Waals surface area contributed by atoms with Crippen LogP contribution in [0.4, 0.5) is 11.5 Å². The van der Waals surface area contributed by atoms with Crippen LogP contribution in [-0.2, 0) is 16.6 Å². The summed E-state index contributed by atoms with van der Waals surface area (Å²) in [5, 5.41) is 6.03. The Balaban J connectivity index is 1.59. The second kappa shape index (κ2) is 10.8. The maximum atomic E-state index is 12.4. The predicted molar refractivity (Wildman–Crippen MR) is 125 cm³/mol. The maximum Gasteiger partial charge on any atom is 0.255 e. The number of hydrogen-bond donors (Lipinski definition) is 3. The first kappa shape index (κ1) is 23.4. The van der Waals surface area contributed by atoms with Crippen molar-refractivity contribution >= 4 is 27.4 Å². The number of nitrogens with zero attached hydrogens (tertiary/aromatic N) is 2. The quantitative estimate of drug-likeness (QED) is 0.430. The van der Waals surface area contributed by atoms with Gasteiger partial charge in [-0.3, -0.25) is 9.78 Å². The van der Waals surface area contributed by atoms with Crippen molar-refractivity contribution in [2.45, 2.75) is 44.2 Å². The van der Waals surface area contributed by atoms with E-state index in [1.165, 1.54) is 12.3 Å². The minimum atomic E-state index is -3.59. The van der Waals surface area contributed by atoms with Gasteiger partial charge < -0.3 is 10.6 Å². The van der Waals surface area contributed by atoms with Gasteiger partial charge in [-0.05, 0) is 55.3 Å². The summed E-state index contributed by atoms with van der Waals surface area (Å²) >= 11 is 0. The monoisotopic (exact) mass is 453 g/mol. The van der Waals surface area contributed by atoms with Crippen LogP contribution >= 0.6 is 0 Å². The zero-order valence-electron chi connectivity index (χ0n) is 18.1. The lowest BCUT2D eigenvalue weighted by Gasteiger charge is -2.13. The Bertz CT molecular complexity index is 1140. The highest BCUT2D eigenvalue weighted by atomic mass is 32.2. The van der Waals surface area contributed by atoms with E-state index < -0.39 is 10.0 Å². The number of carbonyl (C=O) groups is 1. The van der Waals surface area contributed by atoms with E-state index in [0.717, 1.165) is 18.4 Å². The molecule has 0 saturated carbocycles. The molecule has 3 N–H and O–H groups in total. The third-order valence-electron chi connectivity index (χ3n) is 4.73. The van der Waals surface area contributed by atoms with Crippen LogP contribution in [0.3, 0.4) is 0 Å². The summed E-state index contributed by atoms with van der Waals surface area (Å²) in [6, 6.07) is 13.8. The van der Waals surface area contributed by atoms with E-state index in [1.807, 2.05) is 38.1 Å². The molecule has 32 heavy (non-hydrogen) atoms. The van der Waals surface area contributed by atoms with Gasteiger partial charge in [-0.1, -0.05) is 25.5 Å². The number of benzene rings is 1. The van der Waals surface area contributed by atoms with Crippen LogP contribution in [0.2, 0.25) is 0 Å². The molecule has 1 aromatic carbocycles. The number of hydrogen-bond acceptors (Lipinski definition) is 6. The van der Waals surface area contributed by atoms with E-state index in [2.05, 4.69) is 25.3 Å². The average Bonchev–Trinajstić information content (AvgIpc) is 2.78. The Morgan fingerprint density at radius 1 is 1.09 bits per heavy atom. The van der Waals surface area contributed by atoms with Crippen molar-refractivity contribution in [1.29, 1.82) is 0 Å². The van der Waals surface area contributed by atoms with Crippen LogP contribution in [0.1, 0.15) is 42.6 Å². The molecule has 0 bridgehead atoms. The predicted octanol–water partition coefficient (Wildman–Crippen LogP) is 3.81. The Labute approximate surface area is 188 Å². The number of rotatable bonds is 10. The molecule has 0 saturated heterocycles. The molecule has 0 aliphatic carbocycles. The van der Waals surface area contributed by atoms with Crippen molar-refractivity contribution in [2.24, 2.45) is 0 Å². The lowest BCUT2D eigenvalue weighted by atomic mass is 10.2. The third-order valence-corrected chi connectivity index (χ3v) is 6.30. The SMILES string of the molecule is CCCC(C)NS(=O)(=O)c1ccc(NCc2cccc(NC(=O)c3ccncc3)c2)nc1. The Kier molecular flexibility index (Phi) is 7.91. The van der Waals surface area contributed by atoms with Gasteiger partial charge in [0.25, 0.3) is 5.91 Å². The number of anilines is 2. The zero-order chi connectivity index (χ0) is 23.0. The second-order valence-corrected chi connectivity index (χ2v) is 9.15. The van der Waals surface area contributed by atoms with Gasteiger partial charge in [0.15, 0.2) is 0 Å². The fourth-order valence-electron chi connectivity index (χ4n) is 3.13. The summed E-state index contributed by atoms with van der Waals surface area (Å²) in [5.41, 5.74) is 2.14.